The van der Waals surface area contributed by atoms with E-state index in [4.69, 9.17) is 5.26 Å². The highest BCUT2D eigenvalue weighted by Gasteiger charge is 2.49. The van der Waals surface area contributed by atoms with Crippen molar-refractivity contribution < 1.29 is 13.2 Å². The zero-order chi connectivity index (χ0) is 17.4. The molecule has 0 aliphatic carbocycles. The van der Waals surface area contributed by atoms with Crippen molar-refractivity contribution in [3.8, 4) is 6.07 Å². The molecule has 2 aliphatic heterocycles. The summed E-state index contributed by atoms with van der Waals surface area (Å²) >= 11 is 0. The number of anilines is 1. The molecule has 2 aliphatic rings. The van der Waals surface area contributed by atoms with Crippen LogP contribution in [-0.4, -0.2) is 44.0 Å². The molecule has 2 saturated heterocycles. The summed E-state index contributed by atoms with van der Waals surface area (Å²) < 4.78 is 26.1. The first-order valence-electron chi connectivity index (χ1n) is 8.17. The van der Waals surface area contributed by atoms with Crippen LogP contribution in [0.25, 0.3) is 0 Å². The van der Waals surface area contributed by atoms with Crippen molar-refractivity contribution in [3.05, 3.63) is 29.8 Å². The second-order valence-corrected chi connectivity index (χ2v) is 8.80. The number of hydrogen-bond donors (Lipinski definition) is 0. The minimum absolute atomic E-state index is 0.0226. The Morgan fingerprint density at radius 2 is 1.96 bits per heavy atom. The molecule has 1 aromatic carbocycles. The molecular weight excluding hydrogens is 326 g/mol. The van der Waals surface area contributed by atoms with Crippen molar-refractivity contribution in [1.82, 2.24) is 4.31 Å². The van der Waals surface area contributed by atoms with Crippen LogP contribution < -0.4 is 4.90 Å². The average Bonchev–Trinajstić information content (AvgIpc) is 3.12. The van der Waals surface area contributed by atoms with E-state index in [1.165, 1.54) is 0 Å². The van der Waals surface area contributed by atoms with E-state index in [1.54, 1.807) is 33.5 Å². The maximum Gasteiger partial charge on any atom is 0.227 e. The third-order valence-corrected chi connectivity index (χ3v) is 6.91. The van der Waals surface area contributed by atoms with E-state index in [2.05, 4.69) is 6.07 Å². The van der Waals surface area contributed by atoms with Gasteiger partial charge in [0.15, 0.2) is 0 Å². The fourth-order valence-corrected chi connectivity index (χ4v) is 5.25. The molecule has 0 unspecified atom stereocenters. The van der Waals surface area contributed by atoms with Crippen LogP contribution in [0, 0.1) is 16.7 Å². The Labute approximate surface area is 142 Å². The molecule has 3 rings (SSSR count). The SMILES string of the molecule is CCCS(=O)(=O)N1CC[C@]2(CC(=O)N(c3ccc(C#N)cc3)C2)C1. The van der Waals surface area contributed by atoms with Gasteiger partial charge >= 0.3 is 0 Å². The Balaban J connectivity index is 1.76. The third kappa shape index (κ3) is 3.04. The molecule has 1 amide bonds. The molecule has 0 N–H and O–H groups in total. The highest BCUT2D eigenvalue weighted by atomic mass is 32.2. The van der Waals surface area contributed by atoms with Crippen LogP contribution in [0.5, 0.6) is 0 Å². The average molecular weight is 347 g/mol. The predicted octanol–water partition coefficient (Wildman–Crippen LogP) is 1.73. The molecule has 2 heterocycles. The first kappa shape index (κ1) is 16.9. The molecule has 0 radical (unpaired) electrons. The Morgan fingerprint density at radius 1 is 1.25 bits per heavy atom. The lowest BCUT2D eigenvalue weighted by Gasteiger charge is -2.24. The largest absolute Gasteiger partial charge is 0.312 e. The number of benzene rings is 1. The quantitative estimate of drug-likeness (QED) is 0.830. The predicted molar refractivity (Wildman–Crippen MR) is 90.8 cm³/mol. The number of nitriles is 1. The van der Waals surface area contributed by atoms with Gasteiger partial charge in [0.2, 0.25) is 15.9 Å². The third-order valence-electron chi connectivity index (χ3n) is 4.89. The summed E-state index contributed by atoms with van der Waals surface area (Å²) in [6, 6.07) is 9.00. The zero-order valence-corrected chi connectivity index (χ0v) is 14.6. The Bertz CT molecular complexity index is 782. The molecule has 7 heteroatoms. The lowest BCUT2D eigenvalue weighted by Crippen LogP contribution is -2.35. The van der Waals surface area contributed by atoms with Crippen LogP contribution in [0.4, 0.5) is 5.69 Å². The van der Waals surface area contributed by atoms with Gasteiger partial charge in [-0.25, -0.2) is 12.7 Å². The van der Waals surface area contributed by atoms with Gasteiger partial charge in [0.05, 0.1) is 17.4 Å². The van der Waals surface area contributed by atoms with Gasteiger partial charge in [0.1, 0.15) is 0 Å². The number of sulfonamides is 1. The number of hydrogen-bond acceptors (Lipinski definition) is 4. The molecule has 1 aromatic rings. The monoisotopic (exact) mass is 347 g/mol. The second kappa shape index (κ2) is 6.19. The van der Waals surface area contributed by atoms with Crippen molar-refractivity contribution in [2.75, 3.05) is 30.3 Å². The topological polar surface area (TPSA) is 81.5 Å². The maximum absolute atomic E-state index is 12.5. The van der Waals surface area contributed by atoms with Crippen LogP contribution in [0.3, 0.4) is 0 Å². The Morgan fingerprint density at radius 3 is 2.58 bits per heavy atom. The lowest BCUT2D eigenvalue weighted by molar-refractivity contribution is -0.117. The zero-order valence-electron chi connectivity index (χ0n) is 13.7. The van der Waals surface area contributed by atoms with Gasteiger partial charge in [0.25, 0.3) is 0 Å². The van der Waals surface area contributed by atoms with Crippen molar-refractivity contribution in [2.45, 2.75) is 26.2 Å². The number of carbonyl (C=O) groups is 1. The molecule has 1 atom stereocenters. The molecule has 2 fully saturated rings. The summed E-state index contributed by atoms with van der Waals surface area (Å²) in [5.74, 6) is 0.186. The smallest absolute Gasteiger partial charge is 0.227 e. The van der Waals surface area contributed by atoms with E-state index in [1.807, 2.05) is 6.92 Å². The standard InChI is InChI=1S/C17H21N3O3S/c1-2-9-24(22,23)19-8-7-17(12-19)10-16(21)20(13-17)15-5-3-14(11-18)4-6-15/h3-6H,2,7-10,12-13H2,1H3/t17-/m0/s1. The van der Waals surface area contributed by atoms with Crippen molar-refractivity contribution in [3.63, 3.8) is 0 Å². The van der Waals surface area contributed by atoms with Crippen molar-refractivity contribution in [1.29, 1.82) is 5.26 Å². The fraction of sp³-hybridized carbons (Fsp3) is 0.529. The highest BCUT2D eigenvalue weighted by Crippen LogP contribution is 2.42. The summed E-state index contributed by atoms with van der Waals surface area (Å²) in [6.07, 6.45) is 1.70. The lowest BCUT2D eigenvalue weighted by atomic mass is 9.86. The number of carbonyl (C=O) groups excluding carboxylic acids is 1. The van der Waals surface area contributed by atoms with Gasteiger partial charge in [-0.05, 0) is 37.1 Å². The van der Waals surface area contributed by atoms with Crippen LogP contribution in [-0.2, 0) is 14.8 Å². The molecule has 24 heavy (non-hydrogen) atoms. The maximum atomic E-state index is 12.5. The summed E-state index contributed by atoms with van der Waals surface area (Å²) in [7, 11) is -3.21. The number of rotatable bonds is 4. The fourth-order valence-electron chi connectivity index (χ4n) is 3.64. The molecule has 0 saturated carbocycles. The van der Waals surface area contributed by atoms with Gasteiger partial charge in [-0.2, -0.15) is 5.26 Å². The van der Waals surface area contributed by atoms with E-state index in [9.17, 15) is 13.2 Å². The molecule has 1 spiro atoms. The number of amides is 1. The highest BCUT2D eigenvalue weighted by molar-refractivity contribution is 7.89. The van der Waals surface area contributed by atoms with Crippen molar-refractivity contribution >= 4 is 21.6 Å². The first-order chi connectivity index (χ1) is 11.4. The number of nitrogens with zero attached hydrogens (tertiary/aromatic N) is 3. The van der Waals surface area contributed by atoms with Gasteiger partial charge in [-0.3, -0.25) is 4.79 Å². The Hall–Kier alpha value is -1.91. The van der Waals surface area contributed by atoms with Gasteiger partial charge < -0.3 is 4.90 Å². The van der Waals surface area contributed by atoms with E-state index in [0.29, 0.717) is 44.5 Å². The van der Waals surface area contributed by atoms with Gasteiger partial charge in [-0.15, -0.1) is 0 Å². The summed E-state index contributed by atoms with van der Waals surface area (Å²) in [5, 5.41) is 8.87. The van der Waals surface area contributed by atoms with Gasteiger partial charge in [-0.1, -0.05) is 6.92 Å². The second-order valence-electron chi connectivity index (χ2n) is 6.71. The van der Waals surface area contributed by atoms with Crippen LogP contribution >= 0.6 is 0 Å². The minimum atomic E-state index is -3.21. The van der Waals surface area contributed by atoms with Crippen LogP contribution in [0.15, 0.2) is 24.3 Å². The van der Waals surface area contributed by atoms with E-state index >= 15 is 0 Å². The molecule has 0 bridgehead atoms. The first-order valence-corrected chi connectivity index (χ1v) is 9.78. The molecular formula is C17H21N3O3S. The summed E-state index contributed by atoms with van der Waals surface area (Å²) in [6.45, 7) is 3.32. The van der Waals surface area contributed by atoms with Crippen LogP contribution in [0.2, 0.25) is 0 Å². The normalized spacial score (nSPS) is 24.7. The summed E-state index contributed by atoms with van der Waals surface area (Å²) in [5.41, 5.74) is 1.04. The Kier molecular flexibility index (Phi) is 4.37. The van der Waals surface area contributed by atoms with Crippen LogP contribution in [0.1, 0.15) is 31.7 Å². The van der Waals surface area contributed by atoms with E-state index in [0.717, 1.165) is 5.69 Å². The van der Waals surface area contributed by atoms with E-state index < -0.39 is 10.0 Å². The molecule has 0 aromatic heterocycles. The minimum Gasteiger partial charge on any atom is -0.312 e. The van der Waals surface area contributed by atoms with E-state index in [-0.39, 0.29) is 17.1 Å². The molecule has 128 valence electrons. The van der Waals surface area contributed by atoms with Crippen molar-refractivity contribution in [2.24, 2.45) is 5.41 Å². The van der Waals surface area contributed by atoms with Gasteiger partial charge in [0, 0.05) is 37.2 Å². The summed E-state index contributed by atoms with van der Waals surface area (Å²) in [4.78, 5) is 14.2. The molecule has 6 nitrogen and oxygen atoms in total.